The van der Waals surface area contributed by atoms with Crippen LogP contribution in [0.15, 0.2) is 130 Å². The molecule has 7 rings (SSSR count). The molecule has 4 aliphatic rings. The summed E-state index contributed by atoms with van der Waals surface area (Å²) >= 11 is 0. The fourth-order valence-electron chi connectivity index (χ4n) is 9.41. The van der Waals surface area contributed by atoms with Gasteiger partial charge in [0.1, 0.15) is 44.0 Å². The van der Waals surface area contributed by atoms with Crippen LogP contribution >= 0.6 is 0 Å². The van der Waals surface area contributed by atoms with Gasteiger partial charge in [-0.05, 0) is 110 Å². The first-order valence-corrected chi connectivity index (χ1v) is 28.7. The summed E-state index contributed by atoms with van der Waals surface area (Å²) in [6.07, 6.45) is 16.6. The van der Waals surface area contributed by atoms with Crippen LogP contribution in [0.5, 0.6) is 5.75 Å². The number of nitrogens with one attached hydrogen (secondary N) is 1. The van der Waals surface area contributed by atoms with Crippen LogP contribution in [-0.2, 0) is 66.7 Å². The Morgan fingerprint density at radius 1 is 0.772 bits per heavy atom. The quantitative estimate of drug-likeness (QED) is 0.0305. The second-order valence-corrected chi connectivity index (χ2v) is 22.3. The van der Waals surface area contributed by atoms with E-state index in [9.17, 15) is 40.3 Å². The third-order valence-corrected chi connectivity index (χ3v) is 14.7. The van der Waals surface area contributed by atoms with Gasteiger partial charge in [0, 0.05) is 66.5 Å². The van der Waals surface area contributed by atoms with Gasteiger partial charge in [0.05, 0.1) is 9.79 Å². The van der Waals surface area contributed by atoms with Crippen LogP contribution in [0.1, 0.15) is 96.6 Å². The molecule has 0 bridgehead atoms. The monoisotopic (exact) mass is 1190 g/mol. The van der Waals surface area contributed by atoms with Crippen molar-refractivity contribution in [1.29, 1.82) is 0 Å². The molecule has 0 spiro atoms. The number of ether oxygens (including phenoxy) is 1. The summed E-state index contributed by atoms with van der Waals surface area (Å²) in [5.74, 6) is -0.0706. The van der Waals surface area contributed by atoms with E-state index < -0.39 is 58.7 Å². The van der Waals surface area contributed by atoms with Gasteiger partial charge >= 0.3 is 110 Å². The SMILES string of the molecule is O=S(=O)=O.O=S(=O)=O.[CH2-]CCC[N+]1=C(C=CC2=C(Oc3ccc(S(=O)(=O)[O-])cc3)C(=CC=C3N(CCCCCC(=O)NCCN4C(=O)C=CC4=O)c4ccc(S(=O)(=O)[O-])cc4C3(C)C)CCC2)C(C)(C)c2c[c-]ccc21.[Na+].[Na+].[Na+]. The Balaban J connectivity index is 0.00000182. The molecule has 3 amide bonds. The minimum atomic E-state index is -4.75. The molecule has 27 heteroatoms. The third-order valence-electron chi connectivity index (χ3n) is 13.1. The van der Waals surface area contributed by atoms with Crippen molar-refractivity contribution in [3.63, 3.8) is 0 Å². The maximum absolute atomic E-state index is 12.6. The number of imide groups is 1. The first kappa shape index (κ1) is 71.4. The van der Waals surface area contributed by atoms with Crippen LogP contribution in [-0.4, -0.2) is 110 Å². The van der Waals surface area contributed by atoms with Crippen LogP contribution in [0.25, 0.3) is 0 Å². The molecule has 3 aromatic rings. The van der Waals surface area contributed by atoms with E-state index >= 15 is 0 Å². The number of allylic oxidation sites excluding steroid dienone is 7. The summed E-state index contributed by atoms with van der Waals surface area (Å²) in [6, 6.07) is 19.1. The molecule has 408 valence electrons. The summed E-state index contributed by atoms with van der Waals surface area (Å²) in [6.45, 7) is 14.0. The summed E-state index contributed by atoms with van der Waals surface area (Å²) < 4.78 is 132. The molecule has 0 radical (unpaired) electrons. The zero-order valence-corrected chi connectivity index (χ0v) is 54.4. The number of amides is 3. The largest absolute Gasteiger partial charge is 1.00 e. The molecule has 1 aliphatic carbocycles. The number of carbonyl (C=O) groups is 3. The molecule has 0 saturated carbocycles. The first-order valence-electron chi connectivity index (χ1n) is 23.9. The number of hydrogen-bond donors (Lipinski definition) is 1. The predicted molar refractivity (Wildman–Crippen MR) is 275 cm³/mol. The molecule has 1 N–H and O–H groups in total. The number of unbranched alkanes of at least 4 members (excludes halogenated alkanes) is 3. The summed E-state index contributed by atoms with van der Waals surface area (Å²) in [5.41, 5.74) is 6.41. The summed E-state index contributed by atoms with van der Waals surface area (Å²) in [7, 11) is -15.7. The molecule has 3 heterocycles. The Morgan fingerprint density at radius 3 is 1.97 bits per heavy atom. The maximum atomic E-state index is 12.6. The second kappa shape index (κ2) is 31.7. The Hall–Kier alpha value is -3.70. The van der Waals surface area contributed by atoms with E-state index in [0.29, 0.717) is 55.7 Å². The number of anilines is 1. The van der Waals surface area contributed by atoms with E-state index in [2.05, 4.69) is 59.8 Å². The van der Waals surface area contributed by atoms with E-state index in [1.165, 1.54) is 54.1 Å². The Morgan fingerprint density at radius 2 is 1.38 bits per heavy atom. The maximum Gasteiger partial charge on any atom is 1.00 e. The molecule has 0 fully saturated rings. The molecule has 0 unspecified atom stereocenters. The smallest absolute Gasteiger partial charge is 0.744 e. The molecule has 0 saturated heterocycles. The van der Waals surface area contributed by atoms with Gasteiger partial charge in [-0.15, -0.1) is 31.3 Å². The van der Waals surface area contributed by atoms with Gasteiger partial charge in [0.25, 0.3) is 11.8 Å². The third kappa shape index (κ3) is 19.5. The average molecular weight is 1190 g/mol. The normalized spacial score (nSPS) is 16.9. The van der Waals surface area contributed by atoms with Crippen molar-refractivity contribution in [2.45, 2.75) is 106 Å². The van der Waals surface area contributed by atoms with E-state index in [0.717, 1.165) is 64.6 Å². The topological polar surface area (TPSA) is 299 Å². The molecule has 20 nitrogen and oxygen atoms in total. The Kier molecular flexibility index (Phi) is 28.6. The van der Waals surface area contributed by atoms with Crippen molar-refractivity contribution in [2.75, 3.05) is 31.1 Å². The summed E-state index contributed by atoms with van der Waals surface area (Å²) in [5, 5.41) is 2.77. The van der Waals surface area contributed by atoms with Gasteiger partial charge in [-0.2, -0.15) is 24.6 Å². The average Bonchev–Trinajstić information content (AvgIpc) is 3.86. The fourth-order valence-corrected chi connectivity index (χ4v) is 10.4. The van der Waals surface area contributed by atoms with Gasteiger partial charge < -0.3 is 31.0 Å². The molecular formula is C52H57N4Na3O16S4. The minimum Gasteiger partial charge on any atom is -0.744 e. The minimum absolute atomic E-state index is 0. The van der Waals surface area contributed by atoms with Gasteiger partial charge in [0.15, 0.2) is 5.71 Å². The second-order valence-electron chi connectivity index (χ2n) is 18.8. The van der Waals surface area contributed by atoms with Crippen LogP contribution in [0.3, 0.4) is 0 Å². The van der Waals surface area contributed by atoms with Crippen molar-refractivity contribution in [2.24, 2.45) is 0 Å². The zero-order chi connectivity index (χ0) is 56.2. The Bertz CT molecular complexity index is 3360. The standard InChI is InChI=1S/C52H59N4O10S2.3Na.2O3S/c1-6-7-32-54-43-17-11-10-16-41(43)51(2,3)45(54)27-19-36-14-13-15-37(50(36)66-38-21-23-39(24-22-38)67(60,61)62)20-28-46-52(4,5)42-35-40(68(63,64)65)25-26-44(42)55(46)33-12-8-9-18-47(57)53-31-34-56-48(58)29-30-49(56)59;;;;2*1-4(2)3/h11,16-17,19-30,35H,1,6-9,12-15,18,31-34H2,2-5H3,(H,53,57)(H,60,61,62)(H,63,64,65);;;;;/q-1;3*+1;;/p-2. The van der Waals surface area contributed by atoms with Gasteiger partial charge in [0.2, 0.25) is 5.91 Å². The predicted octanol–water partition coefficient (Wildman–Crippen LogP) is -3.43. The molecular weight excluding hydrogens is 1130 g/mol. The Labute approximate surface area is 531 Å². The van der Waals surface area contributed by atoms with Gasteiger partial charge in [-0.1, -0.05) is 45.8 Å². The van der Waals surface area contributed by atoms with Crippen molar-refractivity contribution in [1.82, 2.24) is 10.2 Å². The molecule has 0 atom stereocenters. The van der Waals surface area contributed by atoms with E-state index in [1.807, 2.05) is 38.1 Å². The number of hydrogen-bond acceptors (Lipinski definition) is 17. The molecule has 3 aromatic carbocycles. The fraction of sp³-hybridized carbons (Fsp3) is 0.365. The van der Waals surface area contributed by atoms with Gasteiger partial charge in [-0.3, -0.25) is 19.3 Å². The van der Waals surface area contributed by atoms with Gasteiger partial charge in [-0.25, -0.2) is 21.4 Å². The van der Waals surface area contributed by atoms with E-state index in [4.69, 9.17) is 30.0 Å². The van der Waals surface area contributed by atoms with Crippen LogP contribution in [0.2, 0.25) is 0 Å². The number of rotatable bonds is 19. The van der Waals surface area contributed by atoms with Crippen molar-refractivity contribution in [3.8, 4) is 5.75 Å². The molecule has 0 aromatic heterocycles. The number of fused-ring (bicyclic) bond motifs is 2. The number of nitrogens with zero attached hydrogens (tertiary/aromatic N) is 3. The van der Waals surface area contributed by atoms with Crippen LogP contribution < -0.4 is 104 Å². The van der Waals surface area contributed by atoms with Crippen LogP contribution in [0.4, 0.5) is 11.4 Å². The molecule has 3 aliphatic heterocycles. The zero-order valence-electron chi connectivity index (χ0n) is 45.1. The van der Waals surface area contributed by atoms with E-state index in [1.54, 1.807) is 6.07 Å². The number of benzene rings is 3. The number of carbonyl (C=O) groups excluding carboxylic acids is 3. The van der Waals surface area contributed by atoms with Crippen molar-refractivity contribution in [3.05, 3.63) is 144 Å². The van der Waals surface area contributed by atoms with Crippen molar-refractivity contribution >= 4 is 76.3 Å². The van der Waals surface area contributed by atoms with Crippen molar-refractivity contribution < 1.29 is 164 Å². The first-order chi connectivity index (χ1) is 35.7. The van der Waals surface area contributed by atoms with E-state index in [-0.39, 0.29) is 129 Å². The molecule has 79 heavy (non-hydrogen) atoms. The van der Waals surface area contributed by atoms with Crippen LogP contribution in [0, 0.1) is 13.0 Å². The summed E-state index contributed by atoms with van der Waals surface area (Å²) in [4.78, 5) is 38.8.